The first kappa shape index (κ1) is 15.3. The summed E-state index contributed by atoms with van der Waals surface area (Å²) in [5.41, 5.74) is 0.836. The lowest BCUT2D eigenvalue weighted by Gasteiger charge is -2.24. The highest BCUT2D eigenvalue weighted by atomic mass is 32.1. The van der Waals surface area contributed by atoms with Gasteiger partial charge in [0.25, 0.3) is 0 Å². The molecule has 1 aliphatic carbocycles. The van der Waals surface area contributed by atoms with Gasteiger partial charge in [0.2, 0.25) is 5.91 Å². The lowest BCUT2D eigenvalue weighted by Crippen LogP contribution is -2.35. The van der Waals surface area contributed by atoms with Crippen molar-refractivity contribution in [3.63, 3.8) is 0 Å². The van der Waals surface area contributed by atoms with Crippen molar-refractivity contribution in [2.75, 3.05) is 6.54 Å². The normalized spacial score (nSPS) is 15.3. The summed E-state index contributed by atoms with van der Waals surface area (Å²) in [6, 6.07) is 5.97. The molecule has 0 N–H and O–H groups in total. The Bertz CT molecular complexity index is 600. The van der Waals surface area contributed by atoms with Crippen molar-refractivity contribution in [3.05, 3.63) is 29.3 Å². The van der Waals surface area contributed by atoms with Crippen molar-refractivity contribution in [3.8, 4) is 10.6 Å². The number of thiophene rings is 1. The molecule has 0 bridgehead atoms. The van der Waals surface area contributed by atoms with Crippen molar-refractivity contribution in [2.24, 2.45) is 5.92 Å². The average Bonchev–Trinajstić information content (AvgIpc) is 3.26. The maximum absolute atomic E-state index is 12.6. The van der Waals surface area contributed by atoms with Gasteiger partial charge in [-0.15, -0.1) is 11.3 Å². The van der Waals surface area contributed by atoms with Gasteiger partial charge in [-0.3, -0.25) is 4.79 Å². The topological polar surface area (TPSA) is 46.3 Å². The van der Waals surface area contributed by atoms with Gasteiger partial charge in [0.05, 0.1) is 11.4 Å². The van der Waals surface area contributed by atoms with Crippen molar-refractivity contribution >= 4 is 17.2 Å². The molecule has 3 rings (SSSR count). The lowest BCUT2D eigenvalue weighted by atomic mass is 10.1. The molecule has 4 nitrogen and oxygen atoms in total. The number of nitrogens with zero attached hydrogens (tertiary/aromatic N) is 2. The number of carbonyl (C=O) groups excluding carboxylic acids is 1. The maximum atomic E-state index is 12.6. The Balaban J connectivity index is 1.69. The zero-order valence-electron chi connectivity index (χ0n) is 13.0. The molecule has 2 heterocycles. The van der Waals surface area contributed by atoms with Crippen LogP contribution in [-0.4, -0.2) is 22.5 Å². The highest BCUT2D eigenvalue weighted by molar-refractivity contribution is 7.13. The molecule has 118 valence electrons. The highest BCUT2D eigenvalue weighted by Gasteiger charge is 2.27. The molecule has 1 fully saturated rings. The van der Waals surface area contributed by atoms with E-state index in [9.17, 15) is 4.79 Å². The van der Waals surface area contributed by atoms with Gasteiger partial charge in [-0.2, -0.15) is 0 Å². The SMILES string of the molecule is CCCN(Cc1cc(-c2cccs2)on1)C(=O)C1CCCC1. The summed E-state index contributed by atoms with van der Waals surface area (Å²) in [5.74, 6) is 1.30. The minimum atomic E-state index is 0.218. The van der Waals surface area contributed by atoms with Gasteiger partial charge in [-0.1, -0.05) is 31.0 Å². The van der Waals surface area contributed by atoms with E-state index in [0.29, 0.717) is 12.5 Å². The van der Waals surface area contributed by atoms with Crippen LogP contribution in [0.15, 0.2) is 28.1 Å². The van der Waals surface area contributed by atoms with Crippen LogP contribution in [-0.2, 0) is 11.3 Å². The van der Waals surface area contributed by atoms with Crippen molar-refractivity contribution in [1.29, 1.82) is 0 Å². The molecule has 0 aromatic carbocycles. The molecular weight excluding hydrogens is 296 g/mol. The summed E-state index contributed by atoms with van der Waals surface area (Å²) in [5, 5.41) is 6.16. The standard InChI is InChI=1S/C17H22N2O2S/c1-2-9-19(17(20)13-6-3-4-7-13)12-14-11-15(21-18-14)16-8-5-10-22-16/h5,8,10-11,13H,2-4,6-7,9,12H2,1H3. The monoisotopic (exact) mass is 318 g/mol. The minimum absolute atomic E-state index is 0.218. The van der Waals surface area contributed by atoms with Gasteiger partial charge >= 0.3 is 0 Å². The maximum Gasteiger partial charge on any atom is 0.226 e. The minimum Gasteiger partial charge on any atom is -0.355 e. The molecule has 0 radical (unpaired) electrons. The second kappa shape index (κ2) is 7.09. The van der Waals surface area contributed by atoms with Gasteiger partial charge in [0, 0.05) is 18.5 Å². The van der Waals surface area contributed by atoms with Crippen LogP contribution in [0.5, 0.6) is 0 Å². The zero-order valence-corrected chi connectivity index (χ0v) is 13.8. The summed E-state index contributed by atoms with van der Waals surface area (Å²) in [6.07, 6.45) is 5.41. The molecule has 1 amide bonds. The highest BCUT2D eigenvalue weighted by Crippen LogP contribution is 2.28. The van der Waals surface area contributed by atoms with Gasteiger partial charge < -0.3 is 9.42 Å². The Kier molecular flexibility index (Phi) is 4.93. The number of carbonyl (C=O) groups is 1. The lowest BCUT2D eigenvalue weighted by molar-refractivity contribution is -0.136. The fourth-order valence-electron chi connectivity index (χ4n) is 3.08. The molecule has 1 aliphatic rings. The molecule has 0 atom stereocenters. The zero-order chi connectivity index (χ0) is 15.4. The molecule has 22 heavy (non-hydrogen) atoms. The molecule has 2 aromatic heterocycles. The smallest absolute Gasteiger partial charge is 0.226 e. The Labute approximate surface area is 135 Å². The molecule has 2 aromatic rings. The average molecular weight is 318 g/mol. The predicted octanol–water partition coefficient (Wildman–Crippen LogP) is 4.33. The van der Waals surface area contributed by atoms with E-state index in [1.807, 2.05) is 28.5 Å². The molecule has 1 saturated carbocycles. The Hall–Kier alpha value is -1.62. The third-order valence-electron chi connectivity index (χ3n) is 4.19. The van der Waals surface area contributed by atoms with Crippen LogP contribution in [0.1, 0.15) is 44.7 Å². The van der Waals surface area contributed by atoms with E-state index in [2.05, 4.69) is 12.1 Å². The summed E-state index contributed by atoms with van der Waals surface area (Å²) < 4.78 is 5.42. The van der Waals surface area contributed by atoms with Crippen molar-refractivity contribution in [2.45, 2.75) is 45.6 Å². The van der Waals surface area contributed by atoms with Crippen LogP contribution in [0.25, 0.3) is 10.6 Å². The van der Waals surface area contributed by atoms with E-state index in [0.717, 1.165) is 42.1 Å². The van der Waals surface area contributed by atoms with E-state index in [1.165, 1.54) is 12.8 Å². The van der Waals surface area contributed by atoms with Gasteiger partial charge in [-0.05, 0) is 30.7 Å². The fraction of sp³-hybridized carbons (Fsp3) is 0.529. The summed E-state index contributed by atoms with van der Waals surface area (Å²) >= 11 is 1.63. The molecule has 0 unspecified atom stereocenters. The van der Waals surface area contributed by atoms with Crippen LogP contribution in [0, 0.1) is 5.92 Å². The van der Waals surface area contributed by atoms with E-state index in [-0.39, 0.29) is 5.92 Å². The van der Waals surface area contributed by atoms with Gasteiger partial charge in [-0.25, -0.2) is 0 Å². The van der Waals surface area contributed by atoms with E-state index in [4.69, 9.17) is 4.52 Å². The number of amides is 1. The van der Waals surface area contributed by atoms with Gasteiger partial charge in [0.15, 0.2) is 5.76 Å². The van der Waals surface area contributed by atoms with Crippen molar-refractivity contribution in [1.82, 2.24) is 10.1 Å². The van der Waals surface area contributed by atoms with Crippen LogP contribution in [0.4, 0.5) is 0 Å². The number of aromatic nitrogens is 1. The first-order valence-electron chi connectivity index (χ1n) is 8.06. The first-order chi connectivity index (χ1) is 10.8. The molecular formula is C17H22N2O2S. The predicted molar refractivity (Wildman–Crippen MR) is 87.5 cm³/mol. The second-order valence-corrected chi connectivity index (χ2v) is 6.85. The Morgan fingerprint density at radius 3 is 2.95 bits per heavy atom. The largest absolute Gasteiger partial charge is 0.355 e. The second-order valence-electron chi connectivity index (χ2n) is 5.90. The van der Waals surface area contributed by atoms with Gasteiger partial charge in [0.1, 0.15) is 5.69 Å². The first-order valence-corrected chi connectivity index (χ1v) is 8.94. The van der Waals surface area contributed by atoms with Crippen LogP contribution in [0.2, 0.25) is 0 Å². The van der Waals surface area contributed by atoms with E-state index < -0.39 is 0 Å². The fourth-order valence-corrected chi connectivity index (χ4v) is 3.76. The number of hydrogen-bond acceptors (Lipinski definition) is 4. The Morgan fingerprint density at radius 2 is 2.27 bits per heavy atom. The number of hydrogen-bond donors (Lipinski definition) is 0. The molecule has 0 saturated heterocycles. The summed E-state index contributed by atoms with van der Waals surface area (Å²) in [4.78, 5) is 15.7. The summed E-state index contributed by atoms with van der Waals surface area (Å²) in [6.45, 7) is 3.45. The molecule has 0 aliphatic heterocycles. The quantitative estimate of drug-likeness (QED) is 0.796. The molecule has 0 spiro atoms. The Morgan fingerprint density at radius 1 is 1.45 bits per heavy atom. The van der Waals surface area contributed by atoms with Crippen LogP contribution < -0.4 is 0 Å². The van der Waals surface area contributed by atoms with E-state index in [1.54, 1.807) is 11.3 Å². The van der Waals surface area contributed by atoms with E-state index >= 15 is 0 Å². The number of rotatable bonds is 6. The third kappa shape index (κ3) is 3.40. The summed E-state index contributed by atoms with van der Waals surface area (Å²) in [7, 11) is 0. The van der Waals surface area contributed by atoms with Crippen molar-refractivity contribution < 1.29 is 9.32 Å². The third-order valence-corrected chi connectivity index (χ3v) is 5.07. The molecule has 5 heteroatoms. The van der Waals surface area contributed by atoms with Crippen LogP contribution in [0.3, 0.4) is 0 Å². The van der Waals surface area contributed by atoms with Crippen LogP contribution >= 0.6 is 11.3 Å².